The van der Waals surface area contributed by atoms with Gasteiger partial charge in [0.25, 0.3) is 0 Å². The van der Waals surface area contributed by atoms with Crippen molar-refractivity contribution in [3.8, 4) is 0 Å². The van der Waals surface area contributed by atoms with Gasteiger partial charge < -0.3 is 10.6 Å². The van der Waals surface area contributed by atoms with E-state index in [4.69, 9.17) is 5.73 Å². The van der Waals surface area contributed by atoms with E-state index in [0.29, 0.717) is 12.6 Å². The fraction of sp³-hybridized carbons (Fsp3) is 0.500. The van der Waals surface area contributed by atoms with Gasteiger partial charge in [-0.2, -0.15) is 0 Å². The van der Waals surface area contributed by atoms with Gasteiger partial charge in [0.05, 0.1) is 6.04 Å². The van der Waals surface area contributed by atoms with Crippen LogP contribution in [-0.2, 0) is 0 Å². The molecule has 1 aliphatic heterocycles. The van der Waals surface area contributed by atoms with Gasteiger partial charge in [-0.05, 0) is 28.9 Å². The van der Waals surface area contributed by atoms with Crippen LogP contribution >= 0.6 is 38.6 Å². The van der Waals surface area contributed by atoms with Gasteiger partial charge >= 0.3 is 0 Å². The maximum atomic E-state index is 6.05. The lowest BCUT2D eigenvalue weighted by Gasteiger charge is -2.38. The standard InChI is InChI=1S/C14H19BrN4S2/c1-10-11(15)8-13(21-10)12(9-16)18-3-5-19(6-4-18)14-17-2-7-20-14/h2,7-8,12H,3-6,9,16H2,1H3. The number of hydrogen-bond acceptors (Lipinski definition) is 6. The van der Waals surface area contributed by atoms with Gasteiger partial charge in [-0.1, -0.05) is 0 Å². The Balaban J connectivity index is 1.67. The molecule has 114 valence electrons. The Bertz CT molecular complexity index is 556. The highest BCUT2D eigenvalue weighted by molar-refractivity contribution is 9.10. The van der Waals surface area contributed by atoms with Crippen LogP contribution in [-0.4, -0.2) is 42.6 Å². The lowest BCUT2D eigenvalue weighted by atomic mass is 10.1. The normalized spacial score (nSPS) is 18.1. The molecule has 1 unspecified atom stereocenters. The van der Waals surface area contributed by atoms with Crippen molar-refractivity contribution in [2.45, 2.75) is 13.0 Å². The van der Waals surface area contributed by atoms with E-state index in [0.717, 1.165) is 31.3 Å². The molecule has 0 spiro atoms. The van der Waals surface area contributed by atoms with Crippen LogP contribution in [0, 0.1) is 6.92 Å². The first-order chi connectivity index (χ1) is 10.2. The number of nitrogens with two attached hydrogens (primary N) is 1. The van der Waals surface area contributed by atoms with Gasteiger partial charge in [0.1, 0.15) is 0 Å². The molecule has 0 aliphatic carbocycles. The van der Waals surface area contributed by atoms with Crippen LogP contribution < -0.4 is 10.6 Å². The SMILES string of the molecule is Cc1sc(C(CN)N2CCN(c3nccs3)CC2)cc1Br. The van der Waals surface area contributed by atoms with E-state index in [1.54, 1.807) is 11.3 Å². The molecule has 4 nitrogen and oxygen atoms in total. The average molecular weight is 387 g/mol. The van der Waals surface area contributed by atoms with Crippen molar-refractivity contribution in [2.24, 2.45) is 5.73 Å². The number of aromatic nitrogens is 1. The summed E-state index contributed by atoms with van der Waals surface area (Å²) in [7, 11) is 0. The minimum absolute atomic E-state index is 0.332. The molecule has 2 N–H and O–H groups in total. The quantitative estimate of drug-likeness (QED) is 0.876. The molecule has 0 radical (unpaired) electrons. The molecule has 2 aromatic heterocycles. The molecular formula is C14H19BrN4S2. The first-order valence-corrected chi connectivity index (χ1v) is 9.52. The minimum atomic E-state index is 0.332. The van der Waals surface area contributed by atoms with Crippen LogP contribution in [0.4, 0.5) is 5.13 Å². The second-order valence-corrected chi connectivity index (χ2v) is 8.16. The van der Waals surface area contributed by atoms with Gasteiger partial charge in [0.2, 0.25) is 0 Å². The lowest BCUT2D eigenvalue weighted by molar-refractivity contribution is 0.193. The molecular weight excluding hydrogens is 368 g/mol. The fourth-order valence-corrected chi connectivity index (χ4v) is 5.09. The van der Waals surface area contributed by atoms with E-state index in [9.17, 15) is 0 Å². The summed E-state index contributed by atoms with van der Waals surface area (Å²) in [6.07, 6.45) is 1.88. The Morgan fingerprint density at radius 3 is 2.67 bits per heavy atom. The first-order valence-electron chi connectivity index (χ1n) is 7.03. The number of hydrogen-bond donors (Lipinski definition) is 1. The van der Waals surface area contributed by atoms with E-state index in [2.05, 4.69) is 43.7 Å². The molecule has 0 bridgehead atoms. The molecule has 2 aromatic rings. The maximum absolute atomic E-state index is 6.05. The Labute approximate surface area is 141 Å². The van der Waals surface area contributed by atoms with Crippen molar-refractivity contribution in [1.29, 1.82) is 0 Å². The lowest BCUT2D eigenvalue weighted by Crippen LogP contribution is -2.49. The first kappa shape index (κ1) is 15.4. The summed E-state index contributed by atoms with van der Waals surface area (Å²) < 4.78 is 1.20. The average Bonchev–Trinajstić information content (AvgIpc) is 3.12. The van der Waals surface area contributed by atoms with Crippen molar-refractivity contribution >= 4 is 43.7 Å². The summed E-state index contributed by atoms with van der Waals surface area (Å²) in [4.78, 5) is 12.0. The Morgan fingerprint density at radius 1 is 1.38 bits per heavy atom. The largest absolute Gasteiger partial charge is 0.346 e. The molecule has 1 aliphatic rings. The molecule has 0 amide bonds. The number of thiazole rings is 1. The number of halogens is 1. The van der Waals surface area contributed by atoms with Crippen LogP contribution in [0.1, 0.15) is 15.8 Å². The van der Waals surface area contributed by atoms with Gasteiger partial charge in [-0.3, -0.25) is 4.90 Å². The summed E-state index contributed by atoms with van der Waals surface area (Å²) in [6.45, 7) is 6.94. The molecule has 1 atom stereocenters. The molecule has 0 saturated carbocycles. The van der Waals surface area contributed by atoms with Crippen LogP contribution in [0.5, 0.6) is 0 Å². The van der Waals surface area contributed by atoms with Gasteiger partial charge in [0.15, 0.2) is 5.13 Å². The second kappa shape index (κ2) is 6.75. The molecule has 1 fully saturated rings. The number of thiophene rings is 1. The highest BCUT2D eigenvalue weighted by Crippen LogP contribution is 2.33. The zero-order chi connectivity index (χ0) is 14.8. The van der Waals surface area contributed by atoms with Crippen LogP contribution in [0.3, 0.4) is 0 Å². The Hall–Kier alpha value is -0.470. The fourth-order valence-electron chi connectivity index (χ4n) is 2.69. The highest BCUT2D eigenvalue weighted by atomic mass is 79.9. The van der Waals surface area contributed by atoms with Crippen LogP contribution in [0.2, 0.25) is 0 Å². The van der Waals surface area contributed by atoms with Crippen LogP contribution in [0.25, 0.3) is 0 Å². The van der Waals surface area contributed by atoms with E-state index in [-0.39, 0.29) is 0 Å². The number of anilines is 1. The molecule has 3 rings (SSSR count). The van der Waals surface area contributed by atoms with Gasteiger partial charge in [0, 0.05) is 58.5 Å². The van der Waals surface area contributed by atoms with Gasteiger partial charge in [-0.25, -0.2) is 4.98 Å². The Morgan fingerprint density at radius 2 is 2.14 bits per heavy atom. The third-order valence-electron chi connectivity index (χ3n) is 3.87. The van der Waals surface area contributed by atoms with Crippen molar-refractivity contribution in [2.75, 3.05) is 37.6 Å². The van der Waals surface area contributed by atoms with Crippen molar-refractivity contribution in [3.63, 3.8) is 0 Å². The van der Waals surface area contributed by atoms with Crippen molar-refractivity contribution in [3.05, 3.63) is 31.9 Å². The number of rotatable bonds is 4. The molecule has 0 aromatic carbocycles. The molecule has 1 saturated heterocycles. The summed E-state index contributed by atoms with van der Waals surface area (Å²) in [5.41, 5.74) is 6.05. The van der Waals surface area contributed by atoms with Crippen LogP contribution in [0.15, 0.2) is 22.1 Å². The van der Waals surface area contributed by atoms with E-state index in [1.807, 2.05) is 22.9 Å². The molecule has 7 heteroatoms. The predicted octanol–water partition coefficient (Wildman–Crippen LogP) is 3.10. The third-order valence-corrected chi connectivity index (χ3v) is 6.94. The number of piperazine rings is 1. The summed E-state index contributed by atoms with van der Waals surface area (Å²) in [5, 5.41) is 3.17. The van der Waals surface area contributed by atoms with E-state index in [1.165, 1.54) is 14.2 Å². The molecule has 21 heavy (non-hydrogen) atoms. The highest BCUT2D eigenvalue weighted by Gasteiger charge is 2.26. The number of aryl methyl sites for hydroxylation is 1. The summed E-state index contributed by atoms with van der Waals surface area (Å²) >= 11 is 7.17. The maximum Gasteiger partial charge on any atom is 0.185 e. The minimum Gasteiger partial charge on any atom is -0.346 e. The Kier molecular flexibility index (Phi) is 4.96. The number of nitrogens with zero attached hydrogens (tertiary/aromatic N) is 3. The summed E-state index contributed by atoms with van der Waals surface area (Å²) in [5.74, 6) is 0. The smallest absolute Gasteiger partial charge is 0.185 e. The zero-order valence-corrected chi connectivity index (χ0v) is 15.2. The monoisotopic (exact) mass is 386 g/mol. The van der Waals surface area contributed by atoms with Gasteiger partial charge in [-0.15, -0.1) is 22.7 Å². The second-order valence-electron chi connectivity index (χ2n) is 5.14. The van der Waals surface area contributed by atoms with Crippen molar-refractivity contribution < 1.29 is 0 Å². The zero-order valence-electron chi connectivity index (χ0n) is 12.0. The third kappa shape index (κ3) is 3.32. The summed E-state index contributed by atoms with van der Waals surface area (Å²) in [6, 6.07) is 2.56. The van der Waals surface area contributed by atoms with E-state index < -0.39 is 0 Å². The van der Waals surface area contributed by atoms with Crippen molar-refractivity contribution in [1.82, 2.24) is 9.88 Å². The topological polar surface area (TPSA) is 45.4 Å². The molecule has 3 heterocycles. The predicted molar refractivity (Wildman–Crippen MR) is 94.5 cm³/mol. The van der Waals surface area contributed by atoms with E-state index >= 15 is 0 Å².